The molecular weight excluding hydrogens is 773 g/mol. The maximum atomic E-state index is 5.42. The van der Waals surface area contributed by atoms with Gasteiger partial charge in [-0.3, -0.25) is 4.98 Å². The average Bonchev–Trinajstić information content (AvgIpc) is 3.80. The Hall–Kier alpha value is -7.94. The molecule has 0 spiro atoms. The first-order valence-electron chi connectivity index (χ1n) is 22.2. The molecule has 0 aliphatic heterocycles. The highest BCUT2D eigenvalue weighted by Gasteiger charge is 2.47. The summed E-state index contributed by atoms with van der Waals surface area (Å²) in [5, 5.41) is 0. The van der Waals surface area contributed by atoms with E-state index in [1.807, 2.05) is 18.5 Å². The van der Waals surface area contributed by atoms with Crippen molar-refractivity contribution in [2.45, 2.75) is 24.7 Å². The maximum absolute atomic E-state index is 5.42. The minimum absolute atomic E-state index is 0.0529. The van der Waals surface area contributed by atoms with E-state index in [9.17, 15) is 0 Å². The molecule has 0 saturated carbocycles. The monoisotopic (exact) mass is 816 g/mol. The van der Waals surface area contributed by atoms with Crippen LogP contribution >= 0.6 is 0 Å². The number of rotatable bonds is 7. The molecule has 2 aliphatic rings. The standard InChI is InChI=1S/C62H44N2/c1-61(2)53-26-14-12-24-50(53)52-37-44(32-34-54(52)61)58-39-46(41-17-6-3-7-18-41)38-57(64-58)43-30-28-42(29-31-43)49-33-35-56-60(59(49)45-19-16-36-63-40-45)51-25-13-15-27-55(51)62(56,47-20-8-4-9-21-47)48-22-10-5-11-23-48/h3-40H,1-2H3. The van der Waals surface area contributed by atoms with Crippen molar-refractivity contribution >= 4 is 0 Å². The number of nitrogens with zero attached hydrogens (tertiary/aromatic N) is 2. The molecule has 0 saturated heterocycles. The number of hydrogen-bond donors (Lipinski definition) is 0. The third kappa shape index (κ3) is 5.80. The minimum atomic E-state index is -0.501. The van der Waals surface area contributed by atoms with Crippen LogP contribution in [0.3, 0.4) is 0 Å². The molecule has 2 aromatic heterocycles. The van der Waals surface area contributed by atoms with E-state index in [0.29, 0.717) is 0 Å². The van der Waals surface area contributed by atoms with Crippen molar-refractivity contribution in [3.8, 4) is 78.1 Å². The summed E-state index contributed by atoms with van der Waals surface area (Å²) in [5.41, 5.74) is 23.3. The fourth-order valence-corrected chi connectivity index (χ4v) is 10.9. The fraction of sp³-hybridized carbons (Fsp3) is 0.0645. The predicted molar refractivity (Wildman–Crippen MR) is 264 cm³/mol. The van der Waals surface area contributed by atoms with Gasteiger partial charge in [0.25, 0.3) is 0 Å². The number of pyridine rings is 2. The topological polar surface area (TPSA) is 25.8 Å². The predicted octanol–water partition coefficient (Wildman–Crippen LogP) is 15.5. The van der Waals surface area contributed by atoms with Gasteiger partial charge in [-0.1, -0.05) is 208 Å². The molecule has 0 amide bonds. The molecule has 0 radical (unpaired) electrons. The van der Waals surface area contributed by atoms with Gasteiger partial charge in [0, 0.05) is 34.5 Å². The summed E-state index contributed by atoms with van der Waals surface area (Å²) in [6, 6.07) is 79.9. The molecule has 2 heterocycles. The normalized spacial score (nSPS) is 13.7. The summed E-state index contributed by atoms with van der Waals surface area (Å²) in [7, 11) is 0. The SMILES string of the molecule is CC1(C)c2ccccc2-c2cc(-c3cc(-c4ccccc4)cc(-c4ccc(-c5ccc6c(c5-c5cccnc5)-c5ccccc5C6(c5ccccc5)c5ccccc5)cc4)n3)ccc21. The van der Waals surface area contributed by atoms with Gasteiger partial charge in [0.1, 0.15) is 0 Å². The lowest BCUT2D eigenvalue weighted by Gasteiger charge is -2.34. The van der Waals surface area contributed by atoms with E-state index in [0.717, 1.165) is 44.8 Å². The van der Waals surface area contributed by atoms with Crippen LogP contribution in [0.1, 0.15) is 47.2 Å². The Morgan fingerprint density at radius 2 is 0.875 bits per heavy atom. The van der Waals surface area contributed by atoms with Crippen LogP contribution in [-0.4, -0.2) is 9.97 Å². The molecule has 302 valence electrons. The summed E-state index contributed by atoms with van der Waals surface area (Å²) in [4.78, 5) is 10.1. The third-order valence-electron chi connectivity index (χ3n) is 13.9. The van der Waals surface area contributed by atoms with Crippen molar-refractivity contribution in [1.82, 2.24) is 9.97 Å². The maximum Gasteiger partial charge on any atom is 0.0715 e. The summed E-state index contributed by atoms with van der Waals surface area (Å²) < 4.78 is 0. The molecule has 0 bridgehead atoms. The van der Waals surface area contributed by atoms with Crippen LogP contribution in [0.25, 0.3) is 78.1 Å². The lowest BCUT2D eigenvalue weighted by Crippen LogP contribution is -2.28. The van der Waals surface area contributed by atoms with Crippen LogP contribution in [0.5, 0.6) is 0 Å². The van der Waals surface area contributed by atoms with Gasteiger partial charge in [0.2, 0.25) is 0 Å². The van der Waals surface area contributed by atoms with Gasteiger partial charge in [0.05, 0.1) is 16.8 Å². The highest BCUT2D eigenvalue weighted by molar-refractivity contribution is 6.01. The van der Waals surface area contributed by atoms with Gasteiger partial charge in [-0.2, -0.15) is 0 Å². The average molecular weight is 817 g/mol. The van der Waals surface area contributed by atoms with E-state index >= 15 is 0 Å². The first-order valence-corrected chi connectivity index (χ1v) is 22.2. The van der Waals surface area contributed by atoms with E-state index in [1.54, 1.807) is 0 Å². The van der Waals surface area contributed by atoms with Crippen molar-refractivity contribution in [3.63, 3.8) is 0 Å². The molecule has 0 unspecified atom stereocenters. The van der Waals surface area contributed by atoms with Gasteiger partial charge in [-0.05, 0) is 108 Å². The Balaban J connectivity index is 1.02. The van der Waals surface area contributed by atoms with E-state index in [-0.39, 0.29) is 5.41 Å². The van der Waals surface area contributed by atoms with Crippen LogP contribution in [0.15, 0.2) is 231 Å². The Bertz CT molecular complexity index is 3330. The Labute approximate surface area is 375 Å². The van der Waals surface area contributed by atoms with Gasteiger partial charge < -0.3 is 0 Å². The number of fused-ring (bicyclic) bond motifs is 6. The quantitative estimate of drug-likeness (QED) is 0.160. The molecule has 12 rings (SSSR count). The highest BCUT2D eigenvalue weighted by Crippen LogP contribution is 2.59. The zero-order valence-electron chi connectivity index (χ0n) is 35.8. The summed E-state index contributed by atoms with van der Waals surface area (Å²) in [5.74, 6) is 0. The molecule has 0 atom stereocenters. The lowest BCUT2D eigenvalue weighted by molar-refractivity contribution is 0.660. The van der Waals surface area contributed by atoms with Crippen LogP contribution in [-0.2, 0) is 10.8 Å². The van der Waals surface area contributed by atoms with Gasteiger partial charge >= 0.3 is 0 Å². The molecule has 2 nitrogen and oxygen atoms in total. The van der Waals surface area contributed by atoms with E-state index in [1.165, 1.54) is 66.8 Å². The molecule has 64 heavy (non-hydrogen) atoms. The summed E-state index contributed by atoms with van der Waals surface area (Å²) in [6.07, 6.45) is 3.88. The van der Waals surface area contributed by atoms with Gasteiger partial charge in [-0.25, -0.2) is 4.98 Å². The van der Waals surface area contributed by atoms with Gasteiger partial charge in [0.15, 0.2) is 0 Å². The van der Waals surface area contributed by atoms with Crippen molar-refractivity contribution in [2.24, 2.45) is 0 Å². The lowest BCUT2D eigenvalue weighted by atomic mass is 9.67. The highest BCUT2D eigenvalue weighted by atomic mass is 14.7. The molecule has 0 N–H and O–H groups in total. The first-order chi connectivity index (χ1) is 31.5. The molecule has 8 aromatic carbocycles. The zero-order valence-corrected chi connectivity index (χ0v) is 35.8. The van der Waals surface area contributed by atoms with Crippen LogP contribution in [0.2, 0.25) is 0 Å². The second-order valence-electron chi connectivity index (χ2n) is 17.7. The van der Waals surface area contributed by atoms with Crippen molar-refractivity contribution < 1.29 is 0 Å². The number of hydrogen-bond acceptors (Lipinski definition) is 2. The van der Waals surface area contributed by atoms with Crippen LogP contribution < -0.4 is 0 Å². The van der Waals surface area contributed by atoms with Crippen molar-refractivity contribution in [3.05, 3.63) is 264 Å². The smallest absolute Gasteiger partial charge is 0.0715 e. The summed E-state index contributed by atoms with van der Waals surface area (Å²) in [6.45, 7) is 4.66. The van der Waals surface area contributed by atoms with Crippen LogP contribution in [0.4, 0.5) is 0 Å². The number of aromatic nitrogens is 2. The van der Waals surface area contributed by atoms with E-state index in [2.05, 4.69) is 231 Å². The molecular formula is C62H44N2. The van der Waals surface area contributed by atoms with Crippen LogP contribution in [0, 0.1) is 0 Å². The van der Waals surface area contributed by atoms with Gasteiger partial charge in [-0.15, -0.1) is 0 Å². The van der Waals surface area contributed by atoms with Crippen molar-refractivity contribution in [2.75, 3.05) is 0 Å². The Morgan fingerprint density at radius 3 is 1.56 bits per heavy atom. The Kier molecular flexibility index (Phi) is 8.77. The second kappa shape index (κ2) is 14.9. The van der Waals surface area contributed by atoms with Crippen molar-refractivity contribution in [1.29, 1.82) is 0 Å². The largest absolute Gasteiger partial charge is 0.264 e. The fourth-order valence-electron chi connectivity index (χ4n) is 10.9. The molecule has 2 aliphatic carbocycles. The third-order valence-corrected chi connectivity index (χ3v) is 13.9. The minimum Gasteiger partial charge on any atom is -0.264 e. The zero-order chi connectivity index (χ0) is 42.8. The van der Waals surface area contributed by atoms with E-state index < -0.39 is 5.41 Å². The molecule has 2 heteroatoms. The van der Waals surface area contributed by atoms with E-state index in [4.69, 9.17) is 4.98 Å². The first kappa shape index (κ1) is 37.8. The Morgan fingerprint density at radius 1 is 0.328 bits per heavy atom. The second-order valence-corrected chi connectivity index (χ2v) is 17.7. The molecule has 0 fully saturated rings. The molecule has 10 aromatic rings. The summed E-state index contributed by atoms with van der Waals surface area (Å²) >= 11 is 0. The number of benzene rings is 8.